The molecule has 1 amide bonds. The van der Waals surface area contributed by atoms with Crippen LogP contribution in [0.2, 0.25) is 0 Å². The number of H-pyrrole nitrogens is 1. The van der Waals surface area contributed by atoms with Gasteiger partial charge in [0.1, 0.15) is 41.1 Å². The van der Waals surface area contributed by atoms with Crippen molar-refractivity contribution in [1.82, 2.24) is 19.5 Å². The number of rotatable bonds is 17. The predicted octanol–water partition coefficient (Wildman–Crippen LogP) is 7.01. The third-order valence-electron chi connectivity index (χ3n) is 11.0. The molecular formula is C44H51F3N5O9P. The van der Waals surface area contributed by atoms with Crippen LogP contribution in [-0.2, 0) is 28.9 Å². The summed E-state index contributed by atoms with van der Waals surface area (Å²) in [6, 6.07) is 23.4. The van der Waals surface area contributed by atoms with Gasteiger partial charge in [-0.05, 0) is 75.6 Å². The standard InChI is InChI=1S/C44H51F3N5O9P/c1-27(2)52(28(3)4)62(58-23-11-22-48)61-42-24-35(49-40(54)44(45,46)47)37(38(42)59-36(25-42)51-26-29(5)39(53)50-41(51)55)60-43(30-12-9-8-10-13-30,31-14-18-33(56-6)19-15-31)32-16-20-34(57-7)21-17-32/h8-10,12-21,26-28,35-38H,11,23-25H2,1-7H3,(H,49,54)(H,50,53,55)/t35-,36-,37-,38-,42+,62?/m1/s1. The number of aromatic amines is 1. The first kappa shape index (κ1) is 46.4. The van der Waals surface area contributed by atoms with E-state index in [0.717, 1.165) is 0 Å². The van der Waals surface area contributed by atoms with E-state index in [9.17, 15) is 32.8 Å². The molecule has 6 atom stereocenters. The third-order valence-corrected chi connectivity index (χ3v) is 13.3. The SMILES string of the molecule is COc1ccc(C(O[C@H]2[C@H]3O[C@@H](n4cc(C)c(=O)[nH]c4=O)C[C@@]3(OP(OCCC#N)N(C(C)C)C(C)C)C[C@H]2NC(=O)C(F)(F)F)(c2ccccc2)c2ccc(OC)cc2)cc1. The molecule has 1 aromatic heterocycles. The molecule has 1 saturated heterocycles. The van der Waals surface area contributed by atoms with E-state index >= 15 is 0 Å². The summed E-state index contributed by atoms with van der Waals surface area (Å²) < 4.78 is 84.8. The molecule has 14 nitrogen and oxygen atoms in total. The average Bonchev–Trinajstić information content (AvgIpc) is 3.72. The Bertz CT molecular complexity index is 2260. The molecule has 2 fully saturated rings. The Kier molecular flexibility index (Phi) is 14.3. The number of nitrogens with zero attached hydrogens (tertiary/aromatic N) is 3. The number of fused-ring (bicyclic) bond motifs is 1. The van der Waals surface area contributed by atoms with Gasteiger partial charge in [0.05, 0.1) is 39.4 Å². The van der Waals surface area contributed by atoms with Gasteiger partial charge in [-0.25, -0.2) is 9.46 Å². The van der Waals surface area contributed by atoms with E-state index in [4.69, 9.17) is 28.0 Å². The van der Waals surface area contributed by atoms with Crippen molar-refractivity contribution < 1.29 is 46.0 Å². The van der Waals surface area contributed by atoms with Gasteiger partial charge in [-0.15, -0.1) is 0 Å². The molecule has 2 heterocycles. The number of hydrogen-bond donors (Lipinski definition) is 2. The normalized spacial score (nSPS) is 21.8. The lowest BCUT2D eigenvalue weighted by Crippen LogP contribution is -2.52. The average molecular weight is 882 g/mol. The lowest BCUT2D eigenvalue weighted by atomic mass is 9.79. The molecule has 3 aromatic carbocycles. The number of hydrogen-bond acceptors (Lipinski definition) is 11. The molecular weight excluding hydrogens is 830 g/mol. The number of halogens is 3. The monoisotopic (exact) mass is 881 g/mol. The van der Waals surface area contributed by atoms with Gasteiger partial charge < -0.3 is 33.3 Å². The molecule has 6 rings (SSSR count). The number of aromatic nitrogens is 2. The van der Waals surface area contributed by atoms with Crippen LogP contribution in [0.3, 0.4) is 0 Å². The lowest BCUT2D eigenvalue weighted by molar-refractivity contribution is -0.177. The highest BCUT2D eigenvalue weighted by Crippen LogP contribution is 2.60. The fourth-order valence-electron chi connectivity index (χ4n) is 8.32. The maximum atomic E-state index is 14.3. The maximum Gasteiger partial charge on any atom is 0.471 e. The summed E-state index contributed by atoms with van der Waals surface area (Å²) in [5.41, 5.74) is -2.74. The highest BCUT2D eigenvalue weighted by atomic mass is 31.2. The van der Waals surface area contributed by atoms with Crippen molar-refractivity contribution in [2.75, 3.05) is 20.8 Å². The van der Waals surface area contributed by atoms with Crippen LogP contribution in [-0.4, -0.2) is 83.1 Å². The summed E-state index contributed by atoms with van der Waals surface area (Å²) in [7, 11) is 0.950. The smallest absolute Gasteiger partial charge is 0.471 e. The van der Waals surface area contributed by atoms with Crippen LogP contribution in [0.1, 0.15) is 75.4 Å². The van der Waals surface area contributed by atoms with Gasteiger partial charge in [-0.3, -0.25) is 19.1 Å². The second kappa shape index (κ2) is 19.1. The fourth-order valence-corrected chi connectivity index (χ4v) is 10.2. The molecule has 1 saturated carbocycles. The zero-order valence-electron chi connectivity index (χ0n) is 35.5. The molecule has 18 heteroatoms. The number of methoxy groups -OCH3 is 2. The Labute approximate surface area is 358 Å². The van der Waals surface area contributed by atoms with E-state index in [1.165, 1.54) is 31.9 Å². The fraction of sp³-hybridized carbons (Fsp3) is 0.455. The quantitative estimate of drug-likeness (QED) is 0.0637. The van der Waals surface area contributed by atoms with Gasteiger partial charge in [0.15, 0.2) is 0 Å². The van der Waals surface area contributed by atoms with Crippen molar-refractivity contribution in [3.8, 4) is 17.6 Å². The van der Waals surface area contributed by atoms with Crippen LogP contribution in [0.15, 0.2) is 94.6 Å². The molecule has 0 spiro atoms. The zero-order valence-corrected chi connectivity index (χ0v) is 36.4. The van der Waals surface area contributed by atoms with Gasteiger partial charge >= 0.3 is 17.8 Å². The number of carbonyl (C=O) groups is 1. The van der Waals surface area contributed by atoms with Gasteiger partial charge in [-0.2, -0.15) is 18.4 Å². The van der Waals surface area contributed by atoms with E-state index in [2.05, 4.69) is 16.4 Å². The second-order valence-corrected chi connectivity index (χ2v) is 17.1. The highest BCUT2D eigenvalue weighted by molar-refractivity contribution is 7.44. The van der Waals surface area contributed by atoms with Crippen LogP contribution < -0.4 is 26.0 Å². The first-order valence-electron chi connectivity index (χ1n) is 20.1. The molecule has 1 aliphatic carbocycles. The largest absolute Gasteiger partial charge is 0.497 e. The number of nitrogens with one attached hydrogen (secondary N) is 2. The van der Waals surface area contributed by atoms with Crippen molar-refractivity contribution in [2.45, 2.75) is 108 Å². The van der Waals surface area contributed by atoms with Crippen LogP contribution >= 0.6 is 8.53 Å². The van der Waals surface area contributed by atoms with Crippen molar-refractivity contribution >= 4 is 14.4 Å². The van der Waals surface area contributed by atoms with Gasteiger partial charge in [0.2, 0.25) is 0 Å². The van der Waals surface area contributed by atoms with Gasteiger partial charge in [0, 0.05) is 36.7 Å². The molecule has 0 radical (unpaired) electrons. The minimum absolute atomic E-state index is 0.0210. The maximum absolute atomic E-state index is 14.3. The van der Waals surface area contributed by atoms with E-state index in [0.29, 0.717) is 28.2 Å². The number of carbonyl (C=O) groups excluding carboxylic acids is 1. The molecule has 1 aliphatic heterocycles. The molecule has 2 aliphatic rings. The first-order chi connectivity index (χ1) is 29.5. The van der Waals surface area contributed by atoms with Crippen LogP contribution in [0.25, 0.3) is 0 Å². The van der Waals surface area contributed by atoms with Crippen molar-refractivity contribution in [1.29, 1.82) is 5.26 Å². The Hall–Kier alpha value is -5.08. The number of alkyl halides is 3. The highest BCUT2D eigenvalue weighted by Gasteiger charge is 2.66. The number of aryl methyl sites for hydroxylation is 1. The van der Waals surface area contributed by atoms with E-state index in [1.807, 2.05) is 50.6 Å². The molecule has 1 unspecified atom stereocenters. The molecule has 62 heavy (non-hydrogen) atoms. The van der Waals surface area contributed by atoms with Crippen molar-refractivity contribution in [2.24, 2.45) is 0 Å². The second-order valence-electron chi connectivity index (χ2n) is 15.8. The number of ether oxygens (including phenoxy) is 4. The Morgan fingerprint density at radius 1 is 0.952 bits per heavy atom. The van der Waals surface area contributed by atoms with Crippen LogP contribution in [0.4, 0.5) is 13.2 Å². The van der Waals surface area contributed by atoms with E-state index in [1.54, 1.807) is 60.7 Å². The lowest BCUT2D eigenvalue weighted by Gasteiger charge is -2.42. The number of nitriles is 1. The first-order valence-corrected chi connectivity index (χ1v) is 21.3. The summed E-state index contributed by atoms with van der Waals surface area (Å²) in [6.07, 6.45) is -8.21. The zero-order chi connectivity index (χ0) is 45.0. The minimum atomic E-state index is -5.28. The Morgan fingerprint density at radius 2 is 1.52 bits per heavy atom. The van der Waals surface area contributed by atoms with Crippen molar-refractivity contribution in [3.63, 3.8) is 0 Å². The Balaban J connectivity index is 1.62. The summed E-state index contributed by atoms with van der Waals surface area (Å²) in [4.78, 5) is 41.3. The molecule has 0 bridgehead atoms. The molecule has 4 aromatic rings. The summed E-state index contributed by atoms with van der Waals surface area (Å²) in [6.45, 7) is 9.23. The number of benzene rings is 3. The third kappa shape index (κ3) is 9.46. The summed E-state index contributed by atoms with van der Waals surface area (Å²) in [5.74, 6) is -1.14. The molecule has 2 N–H and O–H groups in total. The predicted molar refractivity (Wildman–Crippen MR) is 223 cm³/mol. The minimum Gasteiger partial charge on any atom is -0.497 e. The van der Waals surface area contributed by atoms with Gasteiger partial charge in [-0.1, -0.05) is 54.6 Å². The van der Waals surface area contributed by atoms with Gasteiger partial charge in [0.25, 0.3) is 14.1 Å². The van der Waals surface area contributed by atoms with Crippen LogP contribution in [0, 0.1) is 18.3 Å². The topological polar surface area (TPSA) is 166 Å². The molecule has 332 valence electrons. The summed E-state index contributed by atoms with van der Waals surface area (Å²) >= 11 is 0. The van der Waals surface area contributed by atoms with E-state index < -0.39 is 67.5 Å². The van der Waals surface area contributed by atoms with Crippen molar-refractivity contribution in [3.05, 3.63) is 128 Å². The van der Waals surface area contributed by atoms with E-state index in [-0.39, 0.29) is 43.5 Å². The summed E-state index contributed by atoms with van der Waals surface area (Å²) in [5, 5.41) is 11.7. The Morgan fingerprint density at radius 3 is 2.03 bits per heavy atom. The number of amides is 1. The van der Waals surface area contributed by atoms with Crippen LogP contribution in [0.5, 0.6) is 11.5 Å².